The van der Waals surface area contributed by atoms with Crippen LogP contribution in [0.4, 0.5) is 0 Å². The van der Waals surface area contributed by atoms with Gasteiger partial charge in [-0.3, -0.25) is 24.2 Å². The molecule has 0 radical (unpaired) electrons. The molecule has 2 aromatic rings. The van der Waals surface area contributed by atoms with E-state index in [2.05, 4.69) is 48.6 Å². The number of aliphatic carboxylic acids is 1. The van der Waals surface area contributed by atoms with Crippen LogP contribution in [0.2, 0.25) is 0 Å². The summed E-state index contributed by atoms with van der Waals surface area (Å²) in [4.78, 5) is 54.2. The van der Waals surface area contributed by atoms with Gasteiger partial charge in [0.05, 0.1) is 29.3 Å². The van der Waals surface area contributed by atoms with Gasteiger partial charge in [-0.25, -0.2) is 0 Å². The summed E-state index contributed by atoms with van der Waals surface area (Å²) in [5.74, 6) is 1.33. The number of amides is 3. The number of carboxylic acids is 1. The van der Waals surface area contributed by atoms with E-state index in [4.69, 9.17) is 5.11 Å². The highest BCUT2D eigenvalue weighted by atomic mass is 16.4. The molecule has 5 N–H and O–H groups in total. The van der Waals surface area contributed by atoms with E-state index >= 15 is 0 Å². The first-order valence-electron chi connectivity index (χ1n) is 20.5. The number of benzene rings is 1. The molecule has 0 spiro atoms. The summed E-state index contributed by atoms with van der Waals surface area (Å²) in [6.45, 7) is 10.0. The largest absolute Gasteiger partial charge is 0.480 e. The number of carbonyl (C=O) groups excluding carboxylic acids is 3. The van der Waals surface area contributed by atoms with Crippen molar-refractivity contribution in [3.63, 3.8) is 0 Å². The summed E-state index contributed by atoms with van der Waals surface area (Å²) < 4.78 is 0. The second-order valence-electron chi connectivity index (χ2n) is 18.6. The molecule has 1 heterocycles. The Balaban J connectivity index is 0.934. The molecular formula is C44H60N4O6. The van der Waals surface area contributed by atoms with Crippen molar-refractivity contribution >= 4 is 23.7 Å². The Hall–Kier alpha value is -3.79. The standard InChI is InChI=1S/C44H60N4O6/c1-41(2)34-15-19-42(3)32-14-21-44(18-6-9-33(44)31(32)12-13-35(42)43(34,4)20-16-36(41)49)40(54)45-22-17-27-7-5-8-28(23-27)38(52)47-25-30-11-10-29(24-46-30)39(53)48-26-37(50)51/h5,7-8,10-11,23-24,31-36,49H,6,9,12-22,25-26H2,1-4H3,(H,45,54)(H,47,52)(H,48,53)(H,50,51). The third-order valence-corrected chi connectivity index (χ3v) is 15.7. The highest BCUT2D eigenvalue weighted by Crippen LogP contribution is 2.73. The molecule has 5 aliphatic rings. The van der Waals surface area contributed by atoms with Gasteiger partial charge in [-0.1, -0.05) is 46.2 Å². The number of nitrogens with one attached hydrogen (secondary N) is 3. The van der Waals surface area contributed by atoms with Gasteiger partial charge in [-0.2, -0.15) is 0 Å². The Kier molecular flexibility index (Phi) is 10.5. The van der Waals surface area contributed by atoms with Crippen LogP contribution in [-0.2, 0) is 22.6 Å². The molecular weight excluding hydrogens is 681 g/mol. The minimum atomic E-state index is -1.13. The Morgan fingerprint density at radius 3 is 2.31 bits per heavy atom. The molecule has 54 heavy (non-hydrogen) atoms. The van der Waals surface area contributed by atoms with Gasteiger partial charge in [0.2, 0.25) is 5.91 Å². The minimum absolute atomic E-state index is 0.0353. The van der Waals surface area contributed by atoms with Crippen molar-refractivity contribution in [2.24, 2.45) is 51.2 Å². The van der Waals surface area contributed by atoms with Crippen molar-refractivity contribution in [1.82, 2.24) is 20.9 Å². The number of carbonyl (C=O) groups is 4. The third kappa shape index (κ3) is 6.75. The van der Waals surface area contributed by atoms with Crippen LogP contribution in [0.25, 0.3) is 0 Å². The van der Waals surface area contributed by atoms with Gasteiger partial charge in [0.15, 0.2) is 0 Å². The van der Waals surface area contributed by atoms with Crippen LogP contribution in [0.5, 0.6) is 0 Å². The number of hydrogen-bond acceptors (Lipinski definition) is 6. The second kappa shape index (κ2) is 14.7. The molecule has 1 aromatic heterocycles. The summed E-state index contributed by atoms with van der Waals surface area (Å²) in [6.07, 6.45) is 14.2. The van der Waals surface area contributed by atoms with Crippen molar-refractivity contribution < 1.29 is 29.4 Å². The normalized spacial score (nSPS) is 35.0. The second-order valence-corrected chi connectivity index (χ2v) is 18.6. The van der Waals surface area contributed by atoms with Gasteiger partial charge in [0, 0.05) is 18.3 Å². The molecule has 5 aliphatic carbocycles. The van der Waals surface area contributed by atoms with E-state index < -0.39 is 18.4 Å². The number of carboxylic acid groups (broad SMARTS) is 1. The van der Waals surface area contributed by atoms with Crippen LogP contribution in [0.15, 0.2) is 42.6 Å². The molecule has 3 amide bonds. The van der Waals surface area contributed by atoms with Gasteiger partial charge in [-0.15, -0.1) is 0 Å². The molecule has 10 nitrogen and oxygen atoms in total. The maximum Gasteiger partial charge on any atom is 0.322 e. The number of nitrogens with zero attached hydrogens (tertiary/aromatic N) is 1. The average Bonchev–Trinajstić information content (AvgIpc) is 3.61. The van der Waals surface area contributed by atoms with Crippen molar-refractivity contribution in [1.29, 1.82) is 0 Å². The Morgan fingerprint density at radius 1 is 0.778 bits per heavy atom. The van der Waals surface area contributed by atoms with Crippen molar-refractivity contribution in [3.05, 3.63) is 65.0 Å². The molecule has 7 rings (SSSR count). The zero-order valence-corrected chi connectivity index (χ0v) is 32.6. The van der Waals surface area contributed by atoms with Gasteiger partial charge in [-0.05, 0) is 146 Å². The fraction of sp³-hybridized carbons (Fsp3) is 0.659. The first-order chi connectivity index (χ1) is 25.7. The molecule has 5 saturated carbocycles. The van der Waals surface area contributed by atoms with E-state index in [-0.39, 0.29) is 46.3 Å². The average molecular weight is 741 g/mol. The van der Waals surface area contributed by atoms with E-state index in [1.165, 1.54) is 31.9 Å². The number of aromatic nitrogens is 1. The summed E-state index contributed by atoms with van der Waals surface area (Å²) in [5, 5.41) is 28.3. The fourth-order valence-corrected chi connectivity index (χ4v) is 13.2. The zero-order chi connectivity index (χ0) is 38.5. The lowest BCUT2D eigenvalue weighted by Gasteiger charge is -2.69. The number of rotatable bonds is 10. The lowest BCUT2D eigenvalue weighted by atomic mass is 9.36. The first kappa shape index (κ1) is 38.5. The summed E-state index contributed by atoms with van der Waals surface area (Å²) in [6, 6.07) is 10.7. The van der Waals surface area contributed by atoms with Crippen LogP contribution >= 0.6 is 0 Å². The molecule has 9 atom stereocenters. The molecule has 0 aliphatic heterocycles. The molecule has 0 bridgehead atoms. The molecule has 9 unspecified atom stereocenters. The highest BCUT2D eigenvalue weighted by molar-refractivity contribution is 5.95. The van der Waals surface area contributed by atoms with Crippen LogP contribution in [0.1, 0.15) is 130 Å². The van der Waals surface area contributed by atoms with E-state index in [0.717, 1.165) is 50.5 Å². The first-order valence-corrected chi connectivity index (χ1v) is 20.5. The summed E-state index contributed by atoms with van der Waals surface area (Å²) in [7, 11) is 0. The maximum atomic E-state index is 14.2. The lowest BCUT2D eigenvalue weighted by molar-refractivity contribution is -0.214. The van der Waals surface area contributed by atoms with Gasteiger partial charge < -0.3 is 26.2 Å². The minimum Gasteiger partial charge on any atom is -0.480 e. The van der Waals surface area contributed by atoms with Crippen LogP contribution < -0.4 is 16.0 Å². The topological polar surface area (TPSA) is 158 Å². The van der Waals surface area contributed by atoms with Crippen molar-refractivity contribution in [2.75, 3.05) is 13.1 Å². The van der Waals surface area contributed by atoms with Gasteiger partial charge >= 0.3 is 5.97 Å². The number of aliphatic hydroxyl groups excluding tert-OH is 1. The Morgan fingerprint density at radius 2 is 1.56 bits per heavy atom. The van der Waals surface area contributed by atoms with Gasteiger partial charge in [0.25, 0.3) is 11.8 Å². The number of pyridine rings is 1. The maximum absolute atomic E-state index is 14.2. The van der Waals surface area contributed by atoms with Crippen LogP contribution in [0, 0.1) is 51.2 Å². The molecule has 1 aromatic carbocycles. The van der Waals surface area contributed by atoms with E-state index in [1.54, 1.807) is 18.2 Å². The summed E-state index contributed by atoms with van der Waals surface area (Å²) >= 11 is 0. The lowest BCUT2D eigenvalue weighted by Crippen LogP contribution is -2.63. The number of aliphatic hydroxyl groups is 1. The Bertz CT molecular complexity index is 1760. The zero-order valence-electron chi connectivity index (χ0n) is 32.6. The SMILES string of the molecule is CC1(C)C(O)CCC2(C)C1CCC1(C)C3CCC4(C(=O)NCCc5cccc(C(=O)NCc6ccc(C(=O)NCC(=O)O)cn6)c5)CCCC4C3CCC12. The number of hydrogen-bond donors (Lipinski definition) is 5. The molecule has 0 saturated heterocycles. The van der Waals surface area contributed by atoms with Crippen molar-refractivity contribution in [2.45, 2.75) is 117 Å². The van der Waals surface area contributed by atoms with Crippen molar-refractivity contribution in [3.8, 4) is 0 Å². The smallest absolute Gasteiger partial charge is 0.322 e. The molecule has 10 heteroatoms. The predicted octanol–water partition coefficient (Wildman–Crippen LogP) is 6.31. The highest BCUT2D eigenvalue weighted by Gasteiger charge is 2.67. The van der Waals surface area contributed by atoms with E-state index in [9.17, 15) is 24.3 Å². The molecule has 5 fully saturated rings. The van der Waals surface area contributed by atoms with Crippen LogP contribution in [-0.4, -0.2) is 58.1 Å². The van der Waals surface area contributed by atoms with E-state index in [1.807, 2.05) is 18.2 Å². The Labute approximate surface area is 320 Å². The monoisotopic (exact) mass is 740 g/mol. The quantitative estimate of drug-likeness (QED) is 0.191. The number of fused-ring (bicyclic) bond motifs is 7. The predicted molar refractivity (Wildman–Crippen MR) is 205 cm³/mol. The van der Waals surface area contributed by atoms with Crippen LogP contribution in [0.3, 0.4) is 0 Å². The van der Waals surface area contributed by atoms with Gasteiger partial charge in [0.1, 0.15) is 6.54 Å². The fourth-order valence-electron chi connectivity index (χ4n) is 13.2. The molecule has 292 valence electrons. The summed E-state index contributed by atoms with van der Waals surface area (Å²) in [5.41, 5.74) is 2.59. The third-order valence-electron chi connectivity index (χ3n) is 15.7. The van der Waals surface area contributed by atoms with E-state index in [0.29, 0.717) is 59.2 Å².